The van der Waals surface area contributed by atoms with Crippen LogP contribution in [-0.2, 0) is 105 Å². The van der Waals surface area contributed by atoms with Gasteiger partial charge in [-0.3, -0.25) is 12.2 Å². The molecule has 0 aliphatic heterocycles. The minimum Gasteiger partial charge on any atom is -1.00 e. The maximum absolute atomic E-state index is 3.26. The van der Waals surface area contributed by atoms with E-state index in [4.69, 9.17) is 0 Å². The minimum atomic E-state index is 0. The number of benzene rings is 8. The van der Waals surface area contributed by atoms with Crippen LogP contribution in [0, 0.1) is 67.5 Å². The van der Waals surface area contributed by atoms with E-state index in [2.05, 4.69) is 348 Å². The molecule has 0 aromatic heterocycles. The molecule has 0 nitrogen and oxygen atoms in total. The summed E-state index contributed by atoms with van der Waals surface area (Å²) in [6.07, 6.45) is 10.7. The first kappa shape index (κ1) is 104. The summed E-state index contributed by atoms with van der Waals surface area (Å²) in [7, 11) is 0. The Balaban J connectivity index is -0.000000236. The quantitative estimate of drug-likeness (QED) is 0.187. The Hall–Kier alpha value is -2.67. The van der Waals surface area contributed by atoms with Crippen molar-refractivity contribution in [3.05, 3.63) is 334 Å². The van der Waals surface area contributed by atoms with E-state index in [-0.39, 0.29) is 229 Å². The molecule has 0 saturated carbocycles. The Bertz CT molecular complexity index is 4000. The Morgan fingerprint density at radius 2 is 0.583 bits per heavy atom. The molecule has 2 atom stereocenters. The second-order valence-electron chi connectivity index (χ2n) is 22.0. The molecule has 0 fully saturated rings. The third-order valence-corrected chi connectivity index (χ3v) is 15.7. The summed E-state index contributed by atoms with van der Waals surface area (Å²) in [5, 5.41) is 16.4. The minimum absolute atomic E-state index is 0. The van der Waals surface area contributed by atoms with E-state index < -0.39 is 0 Å². The second kappa shape index (κ2) is 52.3. The molecule has 14 heteroatoms. The Kier molecular flexibility index (Phi) is 56.9. The van der Waals surface area contributed by atoms with Gasteiger partial charge >= 0.3 is 105 Å². The summed E-state index contributed by atoms with van der Waals surface area (Å²) >= 11 is 0. The van der Waals surface area contributed by atoms with Crippen molar-refractivity contribution in [1.82, 2.24) is 0 Å². The van der Waals surface area contributed by atoms with E-state index in [0.29, 0.717) is 11.8 Å². The van der Waals surface area contributed by atoms with Gasteiger partial charge in [-0.25, -0.2) is 12.2 Å². The smallest absolute Gasteiger partial charge is 1.00 e. The van der Waals surface area contributed by atoms with Crippen LogP contribution in [0.3, 0.4) is 0 Å². The van der Waals surface area contributed by atoms with Crippen LogP contribution in [0.1, 0.15) is 92.4 Å². The summed E-state index contributed by atoms with van der Waals surface area (Å²) in [6.45, 7) is 21.5. The molecule has 14 aromatic rings. The van der Waals surface area contributed by atoms with E-state index in [1.807, 2.05) is 0 Å². The van der Waals surface area contributed by atoms with Gasteiger partial charge < -0.3 is 99.3 Å². The van der Waals surface area contributed by atoms with Gasteiger partial charge in [0, 0.05) is 0 Å². The van der Waals surface area contributed by atoms with Crippen LogP contribution in [-0.4, -0.2) is 0 Å². The molecule has 16 rings (SSSR count). The molecule has 2 unspecified atom stereocenters. The first-order chi connectivity index (χ1) is 39.8. The second-order valence-corrected chi connectivity index (χ2v) is 22.0. The van der Waals surface area contributed by atoms with Gasteiger partial charge in [0.25, 0.3) is 0 Å². The molecular formula is C82H78Cl10Zr4. The van der Waals surface area contributed by atoms with Crippen molar-refractivity contribution < 1.29 is 204 Å². The fraction of sp³-hybridized carbons (Fsp3) is 0.146. The third-order valence-electron chi connectivity index (χ3n) is 15.7. The van der Waals surface area contributed by atoms with Crippen molar-refractivity contribution in [2.24, 2.45) is 0 Å². The number of halogens is 10. The van der Waals surface area contributed by atoms with Crippen LogP contribution in [0.25, 0.3) is 76.8 Å². The maximum atomic E-state index is 3.26. The standard InChI is InChI=1S/2C11H11.6C10H9.10ClH.4Zr/c2*1-8-6-7-9(2)11-5-3-4-10(8)11;2*1-8-4-2-5-9-6-3-7-10(8)9;2*1-8-6-9-4-2-3-5-10(9)7-8;2*1-8-6-7-9-4-2-3-5-10(8)9;;;;;;;;;;;;;;/h2*3-7H,1-2H3;4*2-7H,1H3;2*2-5,7-8H,1H3;10*1H;;;;/q8*-1;;;;;;;;;;;4*+4/p-8. The average Bonchev–Trinajstić information content (AvgIpc) is 1.67. The number of aryl methyl sites for hydroxylation is 8. The first-order valence-corrected chi connectivity index (χ1v) is 28.9. The predicted molar refractivity (Wildman–Crippen MR) is 375 cm³/mol. The summed E-state index contributed by atoms with van der Waals surface area (Å²) in [4.78, 5) is 0. The van der Waals surface area contributed by atoms with Gasteiger partial charge in [-0.15, -0.1) is 244 Å². The van der Waals surface area contributed by atoms with Crippen molar-refractivity contribution in [3.8, 4) is 0 Å². The topological polar surface area (TPSA) is 0 Å². The first-order valence-electron chi connectivity index (χ1n) is 28.9. The predicted octanol–water partition coefficient (Wildman–Crippen LogP) is -0.0747. The van der Waals surface area contributed by atoms with E-state index in [0.717, 1.165) is 0 Å². The Labute approximate surface area is 711 Å². The molecule has 2 aliphatic rings. The molecular weight excluding hydrogens is 1700 g/mol. The molecule has 96 heavy (non-hydrogen) atoms. The maximum Gasteiger partial charge on any atom is 4.00 e. The van der Waals surface area contributed by atoms with Gasteiger partial charge in [0.15, 0.2) is 0 Å². The molecule has 0 amide bonds. The molecule has 0 saturated heterocycles. The van der Waals surface area contributed by atoms with E-state index in [9.17, 15) is 0 Å². The van der Waals surface area contributed by atoms with Crippen molar-refractivity contribution in [2.75, 3.05) is 0 Å². The summed E-state index contributed by atoms with van der Waals surface area (Å²) in [6, 6.07) is 89.7. The molecule has 14 aromatic carbocycles. The molecule has 492 valence electrons. The number of rotatable bonds is 0. The van der Waals surface area contributed by atoms with E-state index >= 15 is 0 Å². The van der Waals surface area contributed by atoms with Crippen molar-refractivity contribution in [2.45, 2.75) is 81.1 Å². The van der Waals surface area contributed by atoms with Crippen molar-refractivity contribution in [1.29, 1.82) is 0 Å². The van der Waals surface area contributed by atoms with Gasteiger partial charge in [0.1, 0.15) is 0 Å². The molecule has 0 radical (unpaired) electrons. The Morgan fingerprint density at radius 3 is 0.917 bits per heavy atom. The number of fused-ring (bicyclic) bond motifs is 8. The van der Waals surface area contributed by atoms with Crippen LogP contribution >= 0.6 is 24.8 Å². The van der Waals surface area contributed by atoms with Crippen molar-refractivity contribution >= 4 is 102 Å². The van der Waals surface area contributed by atoms with Crippen LogP contribution in [0.5, 0.6) is 0 Å². The van der Waals surface area contributed by atoms with Gasteiger partial charge in [-0.05, 0) is 27.7 Å². The molecule has 0 spiro atoms. The number of hydrogen-bond donors (Lipinski definition) is 0. The SMILES string of the molecule is CC1[C-]=Cc2ccccc21.CC1[C-]=Cc2ccccc21.Cc1cc2ccccc2[cH-]1.Cc1cc2ccccc2[cH-]1.Cc1ccc(C)c2[cH-]ccc12.Cc1ccc(C)c2[cH-]ccc12.Cc1cccc2[cH-]ccc12.Cc1cccc2[cH-]ccc12.Cl.Cl.[Cl-].[Cl-].[Cl-].[Cl-].[Cl-].[Cl-].[Cl-].[Cl-].[Zr+4].[Zr+4].[Zr+4].[Zr+4]. The van der Waals surface area contributed by atoms with E-state index in [1.54, 1.807) is 0 Å². The van der Waals surface area contributed by atoms with Crippen LogP contribution in [0.15, 0.2) is 255 Å². The number of allylic oxidation sites excluding steroid dienone is 2. The zero-order valence-corrected chi connectivity index (χ0v) is 72.9. The largest absolute Gasteiger partial charge is 4.00 e. The molecule has 2 aliphatic carbocycles. The van der Waals surface area contributed by atoms with E-state index in [1.165, 1.54) is 131 Å². The normalized spacial score (nSPS) is 11.2. The van der Waals surface area contributed by atoms with Crippen LogP contribution in [0.4, 0.5) is 0 Å². The van der Waals surface area contributed by atoms with Crippen LogP contribution in [0.2, 0.25) is 0 Å². The zero-order chi connectivity index (χ0) is 57.5. The van der Waals surface area contributed by atoms with Gasteiger partial charge in [-0.1, -0.05) is 148 Å². The molecule has 0 heterocycles. The monoisotopic (exact) mass is 1770 g/mol. The fourth-order valence-electron chi connectivity index (χ4n) is 11.0. The average molecular weight is 1780 g/mol. The fourth-order valence-corrected chi connectivity index (χ4v) is 11.0. The van der Waals surface area contributed by atoms with Gasteiger partial charge in [0.2, 0.25) is 0 Å². The summed E-state index contributed by atoms with van der Waals surface area (Å²) in [5.74, 6) is 0.993. The van der Waals surface area contributed by atoms with Crippen molar-refractivity contribution in [3.63, 3.8) is 0 Å². The zero-order valence-electron chi connectivity index (χ0n) is 55.4. The third kappa shape index (κ3) is 28.6. The molecule has 0 N–H and O–H groups in total. The van der Waals surface area contributed by atoms with Gasteiger partial charge in [0.05, 0.1) is 0 Å². The summed E-state index contributed by atoms with van der Waals surface area (Å²) in [5.41, 5.74) is 16.4. The number of hydrogen-bond acceptors (Lipinski definition) is 0. The van der Waals surface area contributed by atoms with Gasteiger partial charge in [-0.2, -0.15) is 71.8 Å². The summed E-state index contributed by atoms with van der Waals surface area (Å²) < 4.78 is 0. The van der Waals surface area contributed by atoms with Crippen LogP contribution < -0.4 is 99.3 Å². The molecule has 0 bridgehead atoms. The Morgan fingerprint density at radius 1 is 0.292 bits per heavy atom.